The quantitative estimate of drug-likeness (QED) is 0.136. The third kappa shape index (κ3) is 410. The molecule has 24 heteroatoms. The predicted octanol–water partition coefficient (Wildman–Crippen LogP) is -3.65. The van der Waals surface area contributed by atoms with Gasteiger partial charge >= 0.3 is 0 Å². The minimum absolute atomic E-state index is 1.07. The lowest BCUT2D eigenvalue weighted by atomic mass is 10.3. The van der Waals surface area contributed by atoms with E-state index in [0.717, 1.165) is 35.9 Å². The average Bonchev–Trinajstić information content (AvgIpc) is 3.03. The van der Waals surface area contributed by atoms with E-state index in [0.29, 0.717) is 0 Å². The molecular weight excluding hydrogens is 840 g/mol. The van der Waals surface area contributed by atoms with Crippen molar-refractivity contribution in [1.82, 2.24) is 0 Å². The lowest BCUT2D eigenvalue weighted by Crippen LogP contribution is -2.39. The van der Waals surface area contributed by atoms with Crippen molar-refractivity contribution in [2.75, 3.05) is 222 Å². The van der Waals surface area contributed by atoms with Gasteiger partial charge < -0.3 is 93.3 Å². The Morgan fingerprint density at radius 3 is 0.219 bits per heavy atom. The van der Waals surface area contributed by atoms with Gasteiger partial charge in [0.05, 0.1) is 222 Å². The molecule has 16 nitrogen and oxygen atoms in total. The summed E-state index contributed by atoms with van der Waals surface area (Å²) in [4.78, 5) is 0. The third-order valence-electron chi connectivity index (χ3n) is 7.59. The summed E-state index contributed by atoms with van der Waals surface area (Å²) in [6.45, 7) is 27.1. The molecule has 0 aromatic rings. The second kappa shape index (κ2) is 51.7. The van der Waals surface area contributed by atoms with Crippen molar-refractivity contribution in [1.29, 1.82) is 0 Å². The van der Waals surface area contributed by atoms with Gasteiger partial charge in [0.15, 0.2) is 0 Å². The molecule has 0 aliphatic heterocycles. The molecule has 0 aliphatic carbocycles. The van der Waals surface area contributed by atoms with Crippen LogP contribution < -0.4 is 40.2 Å². The van der Waals surface area contributed by atoms with E-state index < -0.39 is 29.6 Å². The van der Waals surface area contributed by atoms with Crippen LogP contribution in [-0.4, -0.2) is 287 Å². The molecule has 0 fully saturated rings. The Kier molecular flexibility index (Phi) is 75.5. The van der Waals surface area contributed by atoms with Crippen LogP contribution in [0.5, 0.6) is 0 Å². The van der Waals surface area contributed by atoms with Gasteiger partial charge in [-0.3, -0.25) is 0 Å². The molecule has 0 saturated carbocycles. The van der Waals surface area contributed by atoms with E-state index >= 15 is 0 Å². The lowest BCUT2D eigenvalue weighted by molar-refractivity contribution is -0.868. The molecule has 0 spiro atoms. The van der Waals surface area contributed by atoms with Gasteiger partial charge in [-0.25, -0.2) is 0 Å². The van der Waals surface area contributed by atoms with Crippen molar-refractivity contribution < 1.29 is 93.3 Å². The van der Waals surface area contributed by atoms with Crippen LogP contribution in [0.15, 0.2) is 0 Å². The van der Waals surface area contributed by atoms with E-state index in [1.807, 2.05) is 0 Å². The van der Waals surface area contributed by atoms with Crippen molar-refractivity contribution in [2.45, 2.75) is 55.4 Å². The summed E-state index contributed by atoms with van der Waals surface area (Å²) in [6.07, 6.45) is 0. The summed E-state index contributed by atoms with van der Waals surface area (Å²) in [5, 5.41) is 66.4. The highest BCUT2D eigenvalue weighted by Gasteiger charge is 2.01. The maximum absolute atomic E-state index is 9.89. The number of nitrogens with zero attached hydrogens (tertiary/aromatic N) is 8. The Morgan fingerprint density at radius 1 is 0.203 bits per heavy atom. The molecule has 0 rings (SSSR count). The Hall–Kier alpha value is -0.660. The van der Waals surface area contributed by atoms with Gasteiger partial charge in [-0.2, -0.15) is 0 Å². The summed E-state index contributed by atoms with van der Waals surface area (Å²) in [7, 11) is 39.7. The first-order valence-electron chi connectivity index (χ1n) is 21.7. The zero-order valence-electron chi connectivity index (χ0n) is 48.3. The Labute approximate surface area is 399 Å². The fourth-order valence-electron chi connectivity index (χ4n) is 0. The van der Waals surface area contributed by atoms with Gasteiger partial charge in [-0.15, -0.1) is 0 Å². The first-order chi connectivity index (χ1) is 27.4. The van der Waals surface area contributed by atoms with Crippen LogP contribution in [-0.2, 0) is 0 Å². The summed E-state index contributed by atoms with van der Waals surface area (Å²) in [5.41, 5.74) is 0. The molecule has 0 aliphatic rings. The summed E-state index contributed by atoms with van der Waals surface area (Å²) >= 11 is 0. The molecule has 0 bridgehead atoms. The van der Waals surface area contributed by atoms with E-state index in [2.05, 4.69) is 225 Å². The first kappa shape index (κ1) is 93.4. The monoisotopic (exact) mass is 953 g/mol. The van der Waals surface area contributed by atoms with Gasteiger partial charge in [-0.05, 0) is 55.4 Å². The number of rotatable bonds is 8. The van der Waals surface area contributed by atoms with E-state index in [1.165, 1.54) is 52.4 Å². The second-order valence-corrected chi connectivity index (χ2v) is 22.0. The summed E-state index contributed by atoms with van der Waals surface area (Å²) in [5.74, 6) is 0. The fourth-order valence-corrected chi connectivity index (χ4v) is 0. The van der Waals surface area contributed by atoms with Crippen LogP contribution in [0.2, 0.25) is 0 Å². The van der Waals surface area contributed by atoms with Crippen LogP contribution in [0.4, 0.5) is 17.3 Å². The number of hydrogen-bond acceptors (Lipinski definition) is 8. The molecule has 64 heavy (non-hydrogen) atoms. The van der Waals surface area contributed by atoms with Gasteiger partial charge in [0.25, 0.3) is 0 Å². The lowest BCUT2D eigenvalue weighted by Gasteiger charge is -2.20. The minimum Gasteiger partial charge on any atom is -0.867 e. The Morgan fingerprint density at radius 2 is 0.219 bits per heavy atom. The van der Waals surface area contributed by atoms with Gasteiger partial charge in [0, 0.05) is 0 Å². The predicted molar refractivity (Wildman–Crippen MR) is 256 cm³/mol. The molecule has 400 valence electrons. The number of hydrogen-bond donors (Lipinski definition) is 0. The fraction of sp³-hybridized carbons (Fsp3) is 1.00. The molecule has 0 aromatic heterocycles. The van der Waals surface area contributed by atoms with Crippen LogP contribution in [0.3, 0.4) is 0 Å². The highest BCUT2D eigenvalue weighted by molar-refractivity contribution is 6.27. The third-order valence-corrected chi connectivity index (χ3v) is 7.59. The molecule has 0 radical (unpaired) electrons. The largest absolute Gasteiger partial charge is 0.867 e. The van der Waals surface area contributed by atoms with E-state index in [-0.39, 0.29) is 0 Å². The zero-order chi connectivity index (χ0) is 56.0. The Balaban J connectivity index is -0.0000000463. The maximum Gasteiger partial charge on any atom is 0.121 e. The molecular formula is C40H112B4F4N8O8. The standard InChI is InChI=1S/8C5H14N.4BFO2/c8*1-5-6(2,3)4;4*2-1(3)4/h8*5H2,1-4H3;;;;/q8*+1;4*-2. The molecule has 0 atom stereocenters. The van der Waals surface area contributed by atoms with E-state index in [9.17, 15) is 17.3 Å². The van der Waals surface area contributed by atoms with Crippen LogP contribution in [0.25, 0.3) is 0 Å². The Bertz CT molecular complexity index is 648. The van der Waals surface area contributed by atoms with Crippen molar-refractivity contribution in [2.24, 2.45) is 0 Å². The first-order valence-corrected chi connectivity index (χ1v) is 21.7. The van der Waals surface area contributed by atoms with E-state index in [1.54, 1.807) is 0 Å². The highest BCUT2D eigenvalue weighted by Crippen LogP contribution is 1.87. The van der Waals surface area contributed by atoms with Gasteiger partial charge in [0.2, 0.25) is 0 Å². The van der Waals surface area contributed by atoms with Gasteiger partial charge in [-0.1, -0.05) is 0 Å². The molecule has 0 amide bonds. The zero-order valence-corrected chi connectivity index (χ0v) is 48.3. The van der Waals surface area contributed by atoms with Crippen LogP contribution >= 0.6 is 0 Å². The highest BCUT2D eigenvalue weighted by atomic mass is 19.1. The van der Waals surface area contributed by atoms with Gasteiger partial charge in [0.1, 0.15) is 29.6 Å². The molecule has 0 heterocycles. The maximum atomic E-state index is 9.89. The van der Waals surface area contributed by atoms with Crippen molar-refractivity contribution in [3.63, 3.8) is 0 Å². The van der Waals surface area contributed by atoms with Crippen LogP contribution in [0, 0.1) is 0 Å². The van der Waals surface area contributed by atoms with Crippen molar-refractivity contribution >= 4 is 29.6 Å². The summed E-state index contributed by atoms with van der Waals surface area (Å²) < 4.78 is 48.1. The number of halogens is 4. The molecule has 0 saturated heterocycles. The average molecular weight is 953 g/mol. The molecule has 0 N–H and O–H groups in total. The summed E-state index contributed by atoms with van der Waals surface area (Å²) in [6, 6.07) is 0. The number of quaternary nitrogens is 8. The normalized spacial score (nSPS) is 10.7. The minimum atomic E-state index is -3.17. The smallest absolute Gasteiger partial charge is 0.121 e. The van der Waals surface area contributed by atoms with E-state index in [4.69, 9.17) is 40.2 Å². The topological polar surface area (TPSA) is 184 Å². The second-order valence-electron chi connectivity index (χ2n) is 22.0. The van der Waals surface area contributed by atoms with Crippen LogP contribution in [0.1, 0.15) is 55.4 Å². The van der Waals surface area contributed by atoms with Crippen molar-refractivity contribution in [3.8, 4) is 0 Å². The van der Waals surface area contributed by atoms with Crippen molar-refractivity contribution in [3.05, 3.63) is 0 Å². The molecule has 0 unspecified atom stereocenters. The molecule has 0 aromatic carbocycles. The SMILES string of the molecule is CC[N+](C)(C)C.CC[N+](C)(C)C.CC[N+](C)(C)C.CC[N+](C)(C)C.CC[N+](C)(C)C.CC[N+](C)(C)C.CC[N+](C)(C)C.CC[N+](C)(C)C.[O-]B([O-])F.[O-]B([O-])F.[O-]B([O-])F.[O-]B([O-])F.